The van der Waals surface area contributed by atoms with Gasteiger partial charge < -0.3 is 119 Å². The number of fused-ring (bicyclic) bond motifs is 6. The SMILES string of the molecule is CC[C@@]1(O)C(=O)OCc2c1cc1n(c2=O)Cc2c-1nc1ccccc1c2CCN(C(=O)OCc1ccc(NC(=O)[C@H](C)NC(=O)[C@@H](NC(=O)CC[C@H](NC(=O)CCOCCOCCNC(=O)CCn2c(CN(C)NC)cc3cc(C)ccc32)C(=O)NCCOCCOCCOCCOC)C(C)C)c(O[C@@H]2O[C@H](C(=O)O)[C@@H](O)[C@H](O)[C@H]2O)c1)C(C)C. The highest BCUT2D eigenvalue weighted by atomic mass is 16.7. The summed E-state index contributed by atoms with van der Waals surface area (Å²) in [7, 11) is 5.36. The number of carboxylic acid groups (broad SMARTS) is 1. The van der Waals surface area contributed by atoms with Gasteiger partial charge in [0.1, 0.15) is 55.4 Å². The van der Waals surface area contributed by atoms with Gasteiger partial charge in [-0.25, -0.2) is 24.4 Å². The zero-order valence-electron chi connectivity index (χ0n) is 69.5. The second kappa shape index (κ2) is 45.0. The highest BCUT2D eigenvalue weighted by molar-refractivity contribution is 5.99. The van der Waals surface area contributed by atoms with E-state index in [4.69, 9.17) is 52.4 Å². The molecule has 1 fully saturated rings. The van der Waals surface area contributed by atoms with Crippen LogP contribution in [0.4, 0.5) is 10.5 Å². The number of cyclic esters (lactones) is 1. The van der Waals surface area contributed by atoms with Crippen LogP contribution in [0.1, 0.15) is 113 Å². The Morgan fingerprint density at radius 2 is 1.40 bits per heavy atom. The summed E-state index contributed by atoms with van der Waals surface area (Å²) < 4.78 is 59.1. The number of pyridine rings is 2. The molecular formula is C83H114N12O25. The third-order valence-corrected chi connectivity index (χ3v) is 20.8. The first kappa shape index (κ1) is 93.7. The van der Waals surface area contributed by atoms with Crippen LogP contribution in [-0.2, 0) is 126 Å². The number of aromatic nitrogens is 3. The van der Waals surface area contributed by atoms with Crippen molar-refractivity contribution in [1.82, 2.24) is 56.0 Å². The lowest BCUT2D eigenvalue weighted by atomic mass is 9.86. The Morgan fingerprint density at radius 3 is 2.08 bits per heavy atom. The second-order valence-corrected chi connectivity index (χ2v) is 30.1. The smallest absolute Gasteiger partial charge is 0.410 e. The van der Waals surface area contributed by atoms with Gasteiger partial charge in [0.15, 0.2) is 11.7 Å². The molecule has 6 aromatic rings. The monoisotopic (exact) mass is 1680 g/mol. The average Bonchev–Trinajstić information content (AvgIpc) is 1.53. The predicted molar refractivity (Wildman–Crippen MR) is 434 cm³/mol. The number of nitrogens with zero attached hydrogens (tertiary/aromatic N) is 5. The molecule has 1 saturated heterocycles. The van der Waals surface area contributed by atoms with Crippen molar-refractivity contribution in [1.29, 1.82) is 0 Å². The normalized spacial score (nSPS) is 18.1. The van der Waals surface area contributed by atoms with Gasteiger partial charge in [-0.05, 0) is 114 Å². The summed E-state index contributed by atoms with van der Waals surface area (Å²) in [6.07, 6.45) is -11.4. The number of aryl methyl sites for hydroxylation is 2. The standard InChI is InChI=1S/C83H114N12O25/c1-11-83(110)59-43-64-70-57(45-95(64)78(105)58(59)47-117-81(83)108)55(56-14-12-13-15-60(56)89-70)22-27-93(49(4)5)82(109)118-46-52-17-18-61(65(41-52)119-80-73(101)71(99)72(100)74(120-80)79(106)107)90-75(102)51(7)87-77(104)69(48(2)3)91-67(97)21-19-62(76(103)86-26-31-114-36-37-116-39-38-115-33-32-111-10)88-68(98)24-29-112-34-35-113-30-25-85-66(96)23-28-94-54(44-92(9)84-8)42-53-40-50(6)16-20-63(53)94/h12-18,20,40-43,48-49,51,62,69,71-74,80,84,99-101,110H,11,19,21-39,44-47H2,1-10H3,(H,85,96)(H,86,103)(H,87,104)(H,88,98)(H,90,102)(H,91,97)(H,106,107)/t51-,62-,69-,71-,72-,73+,74-,80+,83-/m0/s1. The van der Waals surface area contributed by atoms with E-state index in [1.54, 1.807) is 47.8 Å². The minimum atomic E-state index is -2.10. The van der Waals surface area contributed by atoms with E-state index in [0.717, 1.165) is 33.1 Å². The van der Waals surface area contributed by atoms with Gasteiger partial charge in [-0.2, -0.15) is 0 Å². The molecule has 0 spiro atoms. The molecule has 9 atom stereocenters. The van der Waals surface area contributed by atoms with Crippen molar-refractivity contribution in [2.24, 2.45) is 5.92 Å². The average molecular weight is 1680 g/mol. The first-order valence-corrected chi connectivity index (χ1v) is 40.3. The molecule has 0 saturated carbocycles. The number of hydrogen-bond donors (Lipinski definition) is 12. The number of rotatable bonds is 48. The number of aliphatic hydroxyl groups is 4. The number of para-hydroxylation sites is 1. The third kappa shape index (κ3) is 24.8. The molecule has 0 radical (unpaired) electrons. The van der Waals surface area contributed by atoms with E-state index in [1.165, 1.54) is 34.6 Å². The van der Waals surface area contributed by atoms with Crippen LogP contribution in [0, 0.1) is 12.8 Å². The van der Waals surface area contributed by atoms with Crippen LogP contribution in [-0.4, -0.2) is 271 Å². The fraction of sp³-hybridized carbons (Fsp3) is 0.554. The zero-order valence-corrected chi connectivity index (χ0v) is 69.5. The number of anilines is 1. The van der Waals surface area contributed by atoms with Gasteiger partial charge in [0, 0.05) is 98.8 Å². The second-order valence-electron chi connectivity index (χ2n) is 30.1. The van der Waals surface area contributed by atoms with Gasteiger partial charge in [0.25, 0.3) is 5.56 Å². The summed E-state index contributed by atoms with van der Waals surface area (Å²) in [6, 6.07) is 17.1. The van der Waals surface area contributed by atoms with E-state index < -0.39 is 126 Å². The lowest BCUT2D eigenvalue weighted by molar-refractivity contribution is -0.271. The number of carbonyl (C=O) groups is 9. The number of aliphatic carboxylic acids is 1. The molecule has 0 bridgehead atoms. The molecule has 0 unspecified atom stereocenters. The molecule has 12 N–H and O–H groups in total. The Bertz CT molecular complexity index is 4610. The Kier molecular flexibility index (Phi) is 35.1. The van der Waals surface area contributed by atoms with Gasteiger partial charge in [-0.3, -0.25) is 39.0 Å². The maximum Gasteiger partial charge on any atom is 0.410 e. The molecule has 3 aromatic carbocycles. The molecule has 9 rings (SSSR count). The molecule has 37 heteroatoms. The van der Waals surface area contributed by atoms with Crippen LogP contribution in [0.2, 0.25) is 0 Å². The molecule has 3 aliphatic heterocycles. The van der Waals surface area contributed by atoms with Crippen LogP contribution >= 0.6 is 0 Å². The molecule has 0 aliphatic carbocycles. The number of carboxylic acids is 1. The Balaban J connectivity index is 0.788. The summed E-state index contributed by atoms with van der Waals surface area (Å²) >= 11 is 0. The molecule has 6 heterocycles. The van der Waals surface area contributed by atoms with Crippen molar-refractivity contribution in [2.75, 3.05) is 119 Å². The summed E-state index contributed by atoms with van der Waals surface area (Å²) in [5.41, 5.74) is 7.21. The van der Waals surface area contributed by atoms with Crippen molar-refractivity contribution in [3.05, 3.63) is 122 Å². The van der Waals surface area contributed by atoms with Crippen LogP contribution in [0.15, 0.2) is 77.6 Å². The number of hydrogen-bond acceptors (Lipinski definition) is 27. The lowest BCUT2D eigenvalue weighted by Gasteiger charge is -2.38. The van der Waals surface area contributed by atoms with Crippen LogP contribution in [0.3, 0.4) is 0 Å². The number of benzene rings is 3. The lowest BCUT2D eigenvalue weighted by Crippen LogP contribution is -2.61. The number of nitrogens with one attached hydrogen (secondary N) is 7. The van der Waals surface area contributed by atoms with Gasteiger partial charge in [0.05, 0.1) is 114 Å². The maximum absolute atomic E-state index is 14.3. The number of ether oxygens (including phenoxy) is 10. The van der Waals surface area contributed by atoms with Crippen molar-refractivity contribution < 1.29 is 116 Å². The molecule has 656 valence electrons. The first-order valence-electron chi connectivity index (χ1n) is 40.3. The van der Waals surface area contributed by atoms with Gasteiger partial charge >= 0.3 is 18.0 Å². The van der Waals surface area contributed by atoms with Crippen molar-refractivity contribution in [3.63, 3.8) is 0 Å². The quantitative estimate of drug-likeness (QED) is 0.0147. The third-order valence-electron chi connectivity index (χ3n) is 20.8. The number of amides is 7. The summed E-state index contributed by atoms with van der Waals surface area (Å²) in [6.45, 7) is 15.3. The van der Waals surface area contributed by atoms with Gasteiger partial charge in [0.2, 0.25) is 41.7 Å². The van der Waals surface area contributed by atoms with Crippen molar-refractivity contribution >= 4 is 81.0 Å². The molecule has 3 aromatic heterocycles. The van der Waals surface area contributed by atoms with E-state index in [9.17, 15) is 73.5 Å². The zero-order chi connectivity index (χ0) is 86.9. The van der Waals surface area contributed by atoms with Gasteiger partial charge in [-0.15, -0.1) is 0 Å². The van der Waals surface area contributed by atoms with Crippen LogP contribution in [0.25, 0.3) is 33.2 Å². The number of methoxy groups -OCH3 is 1. The molecule has 3 aliphatic rings. The largest absolute Gasteiger partial charge is 0.479 e. The molecular weight excluding hydrogens is 1560 g/mol. The number of esters is 1. The van der Waals surface area contributed by atoms with Crippen molar-refractivity contribution in [2.45, 2.75) is 180 Å². The minimum absolute atomic E-state index is 0.0314. The van der Waals surface area contributed by atoms with E-state index >= 15 is 0 Å². The van der Waals surface area contributed by atoms with Crippen molar-refractivity contribution in [3.8, 4) is 17.1 Å². The predicted octanol–water partition coefficient (Wildman–Crippen LogP) is 2.06. The van der Waals surface area contributed by atoms with Crippen LogP contribution < -0.4 is 47.6 Å². The Hall–Kier alpha value is -10.1. The Morgan fingerprint density at radius 1 is 0.725 bits per heavy atom. The van der Waals surface area contributed by atoms with E-state index in [2.05, 4.69) is 60.1 Å². The first-order chi connectivity index (χ1) is 57.5. The van der Waals surface area contributed by atoms with E-state index in [0.29, 0.717) is 62.0 Å². The Labute approximate surface area is 694 Å². The highest BCUT2D eigenvalue weighted by Crippen LogP contribution is 2.41. The van der Waals surface area contributed by atoms with Gasteiger partial charge in [-0.1, -0.05) is 56.7 Å². The summed E-state index contributed by atoms with van der Waals surface area (Å²) in [5.74, 6) is -7.19. The summed E-state index contributed by atoms with van der Waals surface area (Å²) in [5, 5.41) is 73.8. The maximum atomic E-state index is 14.3. The molecule has 37 nitrogen and oxygen atoms in total. The van der Waals surface area contributed by atoms with Crippen LogP contribution in [0.5, 0.6) is 5.75 Å². The molecule has 7 amide bonds. The molecule has 120 heavy (non-hydrogen) atoms. The fourth-order valence-electron chi connectivity index (χ4n) is 14.0. The van der Waals surface area contributed by atoms with E-state index in [-0.39, 0.29) is 152 Å². The number of carbonyl (C=O) groups excluding carboxylic acids is 8. The van der Waals surface area contributed by atoms with E-state index in [1.807, 2.05) is 56.4 Å². The number of aliphatic hydroxyl groups excluding tert-OH is 3. The topological polar surface area (TPSA) is 478 Å². The minimum Gasteiger partial charge on any atom is -0.479 e. The number of hydrazine groups is 1. The highest BCUT2D eigenvalue weighted by Gasteiger charge is 2.49. The fourth-order valence-corrected chi connectivity index (χ4v) is 14.0. The summed E-state index contributed by atoms with van der Waals surface area (Å²) in [4.78, 5) is 142.